The molecule has 0 saturated carbocycles. The molecule has 0 spiro atoms. The molecule has 1 aromatic rings. The molecular weight excluding hydrogens is 262 g/mol. The highest BCUT2D eigenvalue weighted by molar-refractivity contribution is 7.90. The standard InChI is InChI=1S/C10H18ClN3O2S/c1-7(2)6-14-9(5-11)12-13-10(14)8(3)17(4,15)16/h7-8H,5-6H2,1-4H3. The molecule has 0 amide bonds. The van der Waals surface area contributed by atoms with Gasteiger partial charge in [0.05, 0.1) is 5.88 Å². The van der Waals surface area contributed by atoms with Crippen LogP contribution in [0.5, 0.6) is 0 Å². The van der Waals surface area contributed by atoms with E-state index in [0.29, 0.717) is 24.1 Å². The number of alkyl halides is 1. The van der Waals surface area contributed by atoms with Gasteiger partial charge in [-0.1, -0.05) is 13.8 Å². The fourth-order valence-electron chi connectivity index (χ4n) is 1.50. The monoisotopic (exact) mass is 279 g/mol. The van der Waals surface area contributed by atoms with Gasteiger partial charge in [-0.3, -0.25) is 0 Å². The number of hydrogen-bond acceptors (Lipinski definition) is 4. The molecule has 1 heterocycles. The van der Waals surface area contributed by atoms with Gasteiger partial charge in [-0.25, -0.2) is 8.42 Å². The van der Waals surface area contributed by atoms with Crippen LogP contribution in [0.3, 0.4) is 0 Å². The molecule has 1 aromatic heterocycles. The Morgan fingerprint density at radius 3 is 2.29 bits per heavy atom. The van der Waals surface area contributed by atoms with Gasteiger partial charge in [-0.2, -0.15) is 0 Å². The van der Waals surface area contributed by atoms with Crippen molar-refractivity contribution in [3.63, 3.8) is 0 Å². The van der Waals surface area contributed by atoms with Gasteiger partial charge in [0.2, 0.25) is 0 Å². The molecule has 0 saturated heterocycles. The van der Waals surface area contributed by atoms with E-state index in [-0.39, 0.29) is 5.88 Å². The molecule has 1 unspecified atom stereocenters. The number of sulfone groups is 1. The number of halogens is 1. The molecule has 17 heavy (non-hydrogen) atoms. The van der Waals surface area contributed by atoms with Gasteiger partial charge >= 0.3 is 0 Å². The molecule has 0 aromatic carbocycles. The second-order valence-electron chi connectivity index (χ2n) is 4.58. The average molecular weight is 280 g/mol. The first kappa shape index (κ1) is 14.4. The van der Waals surface area contributed by atoms with Crippen molar-refractivity contribution in [2.45, 2.75) is 38.4 Å². The normalized spacial score (nSPS) is 14.2. The average Bonchev–Trinajstić information content (AvgIpc) is 2.57. The van der Waals surface area contributed by atoms with Crippen molar-refractivity contribution in [1.82, 2.24) is 14.8 Å². The van der Waals surface area contributed by atoms with Crippen LogP contribution in [0.15, 0.2) is 0 Å². The quantitative estimate of drug-likeness (QED) is 0.771. The van der Waals surface area contributed by atoms with E-state index in [4.69, 9.17) is 11.6 Å². The fraction of sp³-hybridized carbons (Fsp3) is 0.800. The van der Waals surface area contributed by atoms with Crippen LogP contribution in [-0.4, -0.2) is 29.4 Å². The fourth-order valence-corrected chi connectivity index (χ4v) is 2.26. The predicted molar refractivity (Wildman–Crippen MR) is 67.7 cm³/mol. The lowest BCUT2D eigenvalue weighted by Crippen LogP contribution is -2.17. The van der Waals surface area contributed by atoms with Crippen LogP contribution in [-0.2, 0) is 22.3 Å². The molecule has 98 valence electrons. The van der Waals surface area contributed by atoms with Crippen LogP contribution in [0.25, 0.3) is 0 Å². The Kier molecular flexibility index (Phi) is 4.55. The maximum Gasteiger partial charge on any atom is 0.157 e. The maximum atomic E-state index is 11.6. The summed E-state index contributed by atoms with van der Waals surface area (Å²) >= 11 is 5.78. The molecule has 0 bridgehead atoms. The zero-order valence-electron chi connectivity index (χ0n) is 10.5. The summed E-state index contributed by atoms with van der Waals surface area (Å²) in [5, 5.41) is 7.23. The van der Waals surface area contributed by atoms with Crippen LogP contribution in [0.2, 0.25) is 0 Å². The molecule has 0 aliphatic rings. The number of aromatic nitrogens is 3. The van der Waals surface area contributed by atoms with Gasteiger partial charge < -0.3 is 4.57 Å². The number of hydrogen-bond donors (Lipinski definition) is 0. The van der Waals surface area contributed by atoms with Crippen molar-refractivity contribution in [1.29, 1.82) is 0 Å². The van der Waals surface area contributed by atoms with Gasteiger partial charge in [-0.05, 0) is 12.8 Å². The first-order valence-electron chi connectivity index (χ1n) is 5.44. The zero-order chi connectivity index (χ0) is 13.2. The molecule has 1 rings (SSSR count). The van der Waals surface area contributed by atoms with E-state index in [1.165, 1.54) is 6.26 Å². The van der Waals surface area contributed by atoms with E-state index >= 15 is 0 Å². The van der Waals surface area contributed by atoms with Gasteiger partial charge in [0.1, 0.15) is 11.1 Å². The molecule has 0 N–H and O–H groups in total. The Morgan fingerprint density at radius 2 is 1.88 bits per heavy atom. The van der Waals surface area contributed by atoms with E-state index in [0.717, 1.165) is 0 Å². The third kappa shape index (κ3) is 3.42. The van der Waals surface area contributed by atoms with Crippen LogP contribution in [0, 0.1) is 5.92 Å². The molecule has 5 nitrogen and oxygen atoms in total. The van der Waals surface area contributed by atoms with Crippen molar-refractivity contribution in [3.05, 3.63) is 11.6 Å². The summed E-state index contributed by atoms with van der Waals surface area (Å²) in [6.45, 7) is 6.39. The molecule has 0 aliphatic carbocycles. The minimum absolute atomic E-state index is 0.232. The highest BCUT2D eigenvalue weighted by atomic mass is 35.5. The minimum atomic E-state index is -3.18. The summed E-state index contributed by atoms with van der Waals surface area (Å²) in [6.07, 6.45) is 1.20. The molecule has 0 fully saturated rings. The summed E-state index contributed by atoms with van der Waals surface area (Å²) in [6, 6.07) is 0. The third-order valence-electron chi connectivity index (χ3n) is 2.53. The first-order chi connectivity index (χ1) is 7.77. The Morgan fingerprint density at radius 1 is 1.29 bits per heavy atom. The van der Waals surface area contributed by atoms with Gasteiger partial charge in [0, 0.05) is 12.8 Å². The summed E-state index contributed by atoms with van der Waals surface area (Å²) in [7, 11) is -3.18. The molecule has 1 atom stereocenters. The molecule has 7 heteroatoms. The van der Waals surface area contributed by atoms with Gasteiger partial charge in [-0.15, -0.1) is 21.8 Å². The number of rotatable bonds is 5. The first-order valence-corrected chi connectivity index (χ1v) is 7.93. The van der Waals surface area contributed by atoms with E-state index in [1.54, 1.807) is 6.92 Å². The van der Waals surface area contributed by atoms with Crippen LogP contribution < -0.4 is 0 Å². The van der Waals surface area contributed by atoms with E-state index < -0.39 is 15.1 Å². The second-order valence-corrected chi connectivity index (χ2v) is 7.22. The Bertz CT molecular complexity index is 482. The van der Waals surface area contributed by atoms with Crippen LogP contribution >= 0.6 is 11.6 Å². The lowest BCUT2D eigenvalue weighted by atomic mass is 10.2. The van der Waals surface area contributed by atoms with E-state index in [1.807, 2.05) is 18.4 Å². The minimum Gasteiger partial charge on any atom is -0.313 e. The topological polar surface area (TPSA) is 64.8 Å². The van der Waals surface area contributed by atoms with E-state index in [2.05, 4.69) is 10.2 Å². The molecular formula is C10H18ClN3O2S. The Hall–Kier alpha value is -0.620. The largest absolute Gasteiger partial charge is 0.313 e. The highest BCUT2D eigenvalue weighted by Gasteiger charge is 2.25. The Labute approximate surface area is 107 Å². The van der Waals surface area contributed by atoms with Gasteiger partial charge in [0.25, 0.3) is 0 Å². The highest BCUT2D eigenvalue weighted by Crippen LogP contribution is 2.21. The summed E-state index contributed by atoms with van der Waals surface area (Å²) in [5.74, 6) is 1.69. The molecule has 0 radical (unpaired) electrons. The van der Waals surface area contributed by atoms with Crippen molar-refractivity contribution >= 4 is 21.4 Å². The second kappa shape index (κ2) is 5.35. The van der Waals surface area contributed by atoms with Gasteiger partial charge in [0.15, 0.2) is 15.7 Å². The predicted octanol–water partition coefficient (Wildman–Crippen LogP) is 1.78. The van der Waals surface area contributed by atoms with Crippen molar-refractivity contribution in [2.75, 3.05) is 6.26 Å². The zero-order valence-corrected chi connectivity index (χ0v) is 12.1. The maximum absolute atomic E-state index is 11.6. The van der Waals surface area contributed by atoms with Crippen LogP contribution in [0.4, 0.5) is 0 Å². The van der Waals surface area contributed by atoms with Crippen molar-refractivity contribution < 1.29 is 8.42 Å². The smallest absolute Gasteiger partial charge is 0.157 e. The lowest BCUT2D eigenvalue weighted by Gasteiger charge is -2.14. The Balaban J connectivity index is 3.20. The molecule has 0 aliphatic heterocycles. The van der Waals surface area contributed by atoms with Crippen molar-refractivity contribution in [3.8, 4) is 0 Å². The third-order valence-corrected chi connectivity index (χ3v) is 4.26. The van der Waals surface area contributed by atoms with Crippen molar-refractivity contribution in [2.24, 2.45) is 5.92 Å². The SMILES string of the molecule is CC(C)Cn1c(CCl)nnc1C(C)S(C)(=O)=O. The van der Waals surface area contributed by atoms with E-state index in [9.17, 15) is 8.42 Å². The summed E-state index contributed by atoms with van der Waals surface area (Å²) < 4.78 is 24.9. The van der Waals surface area contributed by atoms with Crippen LogP contribution in [0.1, 0.15) is 37.7 Å². The summed E-state index contributed by atoms with van der Waals surface area (Å²) in [5.41, 5.74) is 0. The number of nitrogens with zero attached hydrogens (tertiary/aromatic N) is 3. The lowest BCUT2D eigenvalue weighted by molar-refractivity contribution is 0.493. The summed E-state index contributed by atoms with van der Waals surface area (Å²) in [4.78, 5) is 0.